The van der Waals surface area contributed by atoms with E-state index in [1.54, 1.807) is 47.9 Å². The number of carboxylic acid groups (broad SMARTS) is 1. The lowest BCUT2D eigenvalue weighted by atomic mass is 10.1. The van der Waals surface area contributed by atoms with E-state index in [-0.39, 0.29) is 17.1 Å². The third kappa shape index (κ3) is 4.31. The van der Waals surface area contributed by atoms with E-state index in [1.165, 1.54) is 9.78 Å². The zero-order valence-corrected chi connectivity index (χ0v) is 20.2. The van der Waals surface area contributed by atoms with E-state index in [0.29, 0.717) is 11.3 Å². The molecule has 0 amide bonds. The number of Topliss-reactive ketones (excluding diaryl/α,β-unsaturated/α-hetero) is 1. The molecule has 0 aliphatic carbocycles. The van der Waals surface area contributed by atoms with E-state index < -0.39 is 11.8 Å². The van der Waals surface area contributed by atoms with Gasteiger partial charge in [0.25, 0.3) is 0 Å². The Bertz CT molecular complexity index is 1610. The third-order valence-corrected chi connectivity index (χ3v) is 6.66. The maximum absolute atomic E-state index is 13.6. The van der Waals surface area contributed by atoms with Crippen molar-refractivity contribution in [1.82, 2.24) is 8.28 Å². The van der Waals surface area contributed by atoms with Crippen molar-refractivity contribution in [2.45, 2.75) is 0 Å². The minimum Gasteiger partial charge on any atom is -0.478 e. The summed E-state index contributed by atoms with van der Waals surface area (Å²) >= 11 is 5.55. The topological polar surface area (TPSA) is 88.0 Å². The first-order chi connectivity index (χ1) is 16.9. The van der Waals surface area contributed by atoms with E-state index in [4.69, 9.17) is 4.42 Å². The second-order valence-corrected chi connectivity index (χ2v) is 9.21. The lowest BCUT2D eigenvalue weighted by Crippen LogP contribution is -2.25. The molecule has 2 aromatic carbocycles. The normalized spacial score (nSPS) is 18.7. The van der Waals surface area contributed by atoms with E-state index in [1.807, 2.05) is 41.9 Å². The molecule has 1 aliphatic rings. The van der Waals surface area contributed by atoms with Gasteiger partial charge in [0.15, 0.2) is 11.4 Å². The molecule has 1 aliphatic heterocycles. The van der Waals surface area contributed by atoms with Gasteiger partial charge in [-0.1, -0.05) is 55.3 Å². The summed E-state index contributed by atoms with van der Waals surface area (Å²) in [6.07, 6.45) is 6.83. The largest absolute Gasteiger partial charge is 0.478 e. The molecule has 0 atom stereocenters. The summed E-state index contributed by atoms with van der Waals surface area (Å²) in [5, 5.41) is 12.3. The zero-order chi connectivity index (χ0) is 24.5. The molecule has 174 valence electrons. The molecule has 0 fully saturated rings. The Morgan fingerprint density at radius 3 is 2.71 bits per heavy atom. The maximum atomic E-state index is 13.6. The molecular formula is C26H19N3O4S2. The number of amidine groups is 1. The van der Waals surface area contributed by atoms with Crippen molar-refractivity contribution in [2.24, 2.45) is 12.0 Å². The minimum atomic E-state index is -1.14. The minimum absolute atomic E-state index is 0.0137. The van der Waals surface area contributed by atoms with Gasteiger partial charge in [-0.05, 0) is 47.7 Å². The number of ketones is 1. The second-order valence-electron chi connectivity index (χ2n) is 7.69. The summed E-state index contributed by atoms with van der Waals surface area (Å²) in [5.74, 6) is -1.09. The molecule has 1 N–H and O–H groups in total. The molecule has 5 rings (SSSR count). The van der Waals surface area contributed by atoms with Crippen molar-refractivity contribution >= 4 is 76.1 Å². The van der Waals surface area contributed by atoms with Crippen LogP contribution in [0.1, 0.15) is 16.1 Å². The molecule has 35 heavy (non-hydrogen) atoms. The van der Waals surface area contributed by atoms with Crippen molar-refractivity contribution in [1.29, 1.82) is 0 Å². The Morgan fingerprint density at radius 2 is 1.89 bits per heavy atom. The number of aromatic nitrogens is 1. The smallest absolute Gasteiger partial charge is 0.337 e. The SMILES string of the molecule is Cn1c2ccccc2c2oc(C=C3/C=C/C=C\SN(S)C(=Nc4ccccc4C(=O)O)C3=O)cc21. The number of furan rings is 1. The Labute approximate surface area is 210 Å². The van der Waals surface area contributed by atoms with Gasteiger partial charge in [0.1, 0.15) is 5.76 Å². The average Bonchev–Trinajstić information content (AvgIpc) is 3.40. The predicted octanol–water partition coefficient (Wildman–Crippen LogP) is 6.18. The van der Waals surface area contributed by atoms with Gasteiger partial charge in [0.05, 0.1) is 22.3 Å². The van der Waals surface area contributed by atoms with Crippen LogP contribution in [0, 0.1) is 0 Å². The molecule has 0 radical (unpaired) electrons. The summed E-state index contributed by atoms with van der Waals surface area (Å²) in [6, 6.07) is 16.1. The van der Waals surface area contributed by atoms with Gasteiger partial charge >= 0.3 is 5.97 Å². The Morgan fingerprint density at radius 1 is 1.11 bits per heavy atom. The summed E-state index contributed by atoms with van der Waals surface area (Å²) in [4.78, 5) is 29.7. The van der Waals surface area contributed by atoms with Gasteiger partial charge in [-0.15, -0.1) is 0 Å². The first kappa shape index (κ1) is 22.8. The molecule has 2 aromatic heterocycles. The molecule has 0 unspecified atom stereocenters. The van der Waals surface area contributed by atoms with Crippen LogP contribution < -0.4 is 0 Å². The Hall–Kier alpha value is -3.95. The van der Waals surface area contributed by atoms with E-state index >= 15 is 0 Å². The van der Waals surface area contributed by atoms with Crippen molar-refractivity contribution in [3.63, 3.8) is 0 Å². The van der Waals surface area contributed by atoms with Crippen LogP contribution in [0.2, 0.25) is 0 Å². The number of benzene rings is 2. The number of para-hydroxylation sites is 2. The van der Waals surface area contributed by atoms with Crippen molar-refractivity contribution < 1.29 is 19.1 Å². The van der Waals surface area contributed by atoms with Crippen LogP contribution in [-0.4, -0.2) is 31.0 Å². The summed E-state index contributed by atoms with van der Waals surface area (Å²) < 4.78 is 9.48. The predicted molar refractivity (Wildman–Crippen MR) is 143 cm³/mol. The lowest BCUT2D eigenvalue weighted by Gasteiger charge is -2.16. The monoisotopic (exact) mass is 501 g/mol. The van der Waals surface area contributed by atoms with Crippen LogP contribution in [0.25, 0.3) is 28.1 Å². The first-order valence-corrected chi connectivity index (χ1v) is 11.8. The number of aryl methyl sites for hydroxylation is 1. The Kier molecular flexibility index (Phi) is 6.10. The second kappa shape index (κ2) is 9.36. The van der Waals surface area contributed by atoms with Crippen molar-refractivity contribution in [3.05, 3.63) is 95.1 Å². The Balaban J connectivity index is 1.62. The summed E-state index contributed by atoms with van der Waals surface area (Å²) in [7, 11) is 1.97. The van der Waals surface area contributed by atoms with Crippen LogP contribution in [0.5, 0.6) is 0 Å². The zero-order valence-electron chi connectivity index (χ0n) is 18.5. The molecule has 0 bridgehead atoms. The molecule has 7 nitrogen and oxygen atoms in total. The van der Waals surface area contributed by atoms with Crippen molar-refractivity contribution in [2.75, 3.05) is 0 Å². The standard InChI is InChI=1S/C26H19N3O4S2/c1-28-21-12-5-3-10-19(21)24-22(28)15-17(33-24)14-16-8-6-7-13-35-29(34)25(23(16)30)27-20-11-4-2-9-18(20)26(31)32/h2-15,34H,1H3,(H,31,32)/b8-6+,13-7-,16-14?,27-25?. The number of hydrogen-bond donors (Lipinski definition) is 2. The number of allylic oxidation sites excluding steroid dienone is 3. The third-order valence-electron chi connectivity index (χ3n) is 5.53. The van der Waals surface area contributed by atoms with Crippen LogP contribution >= 0.6 is 24.8 Å². The highest BCUT2D eigenvalue weighted by atomic mass is 32.2. The van der Waals surface area contributed by atoms with Gasteiger partial charge in [-0.25, -0.2) is 13.5 Å². The number of rotatable bonds is 3. The van der Waals surface area contributed by atoms with Crippen LogP contribution in [0.4, 0.5) is 5.69 Å². The molecule has 3 heterocycles. The van der Waals surface area contributed by atoms with Crippen molar-refractivity contribution in [3.8, 4) is 0 Å². The summed E-state index contributed by atoms with van der Waals surface area (Å²) in [5.41, 5.74) is 3.16. The number of carbonyl (C=O) groups excluding carboxylic acids is 1. The van der Waals surface area contributed by atoms with Crippen LogP contribution in [0.3, 0.4) is 0 Å². The first-order valence-electron chi connectivity index (χ1n) is 10.6. The van der Waals surface area contributed by atoms with Gasteiger partial charge in [-0.2, -0.15) is 0 Å². The molecule has 9 heteroatoms. The van der Waals surface area contributed by atoms with Gasteiger partial charge in [0.2, 0.25) is 5.78 Å². The highest BCUT2D eigenvalue weighted by Crippen LogP contribution is 2.32. The molecule has 0 saturated carbocycles. The van der Waals surface area contributed by atoms with E-state index in [2.05, 4.69) is 17.8 Å². The number of carboxylic acids is 1. The molecule has 0 saturated heterocycles. The lowest BCUT2D eigenvalue weighted by molar-refractivity contribution is -0.109. The van der Waals surface area contributed by atoms with E-state index in [0.717, 1.165) is 34.0 Å². The number of thiol groups is 1. The maximum Gasteiger partial charge on any atom is 0.337 e. The fourth-order valence-electron chi connectivity index (χ4n) is 3.87. The van der Waals surface area contributed by atoms with Gasteiger partial charge < -0.3 is 14.1 Å². The highest BCUT2D eigenvalue weighted by molar-refractivity contribution is 8.08. The fraction of sp³-hybridized carbons (Fsp3) is 0.0385. The molecular weight excluding hydrogens is 482 g/mol. The fourth-order valence-corrected chi connectivity index (χ4v) is 4.67. The number of carbonyl (C=O) groups is 2. The number of aliphatic imine (C=N–C) groups is 1. The number of hydrogen-bond acceptors (Lipinski definition) is 6. The highest BCUT2D eigenvalue weighted by Gasteiger charge is 2.23. The molecule has 4 aromatic rings. The number of fused-ring (bicyclic) bond motifs is 3. The van der Waals surface area contributed by atoms with Gasteiger partial charge in [-0.3, -0.25) is 4.79 Å². The van der Waals surface area contributed by atoms with Crippen LogP contribution in [0.15, 0.2) is 93.2 Å². The quantitative estimate of drug-likeness (QED) is 0.198. The van der Waals surface area contributed by atoms with Crippen LogP contribution in [-0.2, 0) is 11.8 Å². The van der Waals surface area contributed by atoms with Gasteiger partial charge in [0, 0.05) is 24.1 Å². The van der Waals surface area contributed by atoms with E-state index in [9.17, 15) is 14.7 Å². The number of nitrogens with zero attached hydrogens (tertiary/aromatic N) is 3. The molecule has 0 spiro atoms. The average molecular weight is 502 g/mol. The summed E-state index contributed by atoms with van der Waals surface area (Å²) in [6.45, 7) is 0. The number of aromatic carboxylic acids is 1.